The second kappa shape index (κ2) is 9.50. The van der Waals surface area contributed by atoms with E-state index in [1.165, 1.54) is 11.3 Å². The molecule has 6 nitrogen and oxygen atoms in total. The van der Waals surface area contributed by atoms with Crippen LogP contribution in [0.1, 0.15) is 45.8 Å². The van der Waals surface area contributed by atoms with Crippen molar-refractivity contribution >= 4 is 74.6 Å². The highest BCUT2D eigenvalue weighted by atomic mass is 35.5. The number of ether oxygens (including phenoxy) is 1. The lowest BCUT2D eigenvalue weighted by Gasteiger charge is -2.08. The Morgan fingerprint density at radius 1 is 1.10 bits per heavy atom. The maximum atomic E-state index is 12.3. The van der Waals surface area contributed by atoms with Gasteiger partial charge in [-0.3, -0.25) is 4.79 Å². The number of pyridine rings is 1. The summed E-state index contributed by atoms with van der Waals surface area (Å²) in [5.74, 6) is -1.57. The van der Waals surface area contributed by atoms with E-state index in [-0.39, 0.29) is 25.9 Å². The molecule has 0 bridgehead atoms. The number of aryl methyl sites for hydroxylation is 1. The highest BCUT2D eigenvalue weighted by Crippen LogP contribution is 2.37. The van der Waals surface area contributed by atoms with E-state index in [0.717, 1.165) is 42.5 Å². The van der Waals surface area contributed by atoms with Crippen molar-refractivity contribution in [3.05, 3.63) is 41.9 Å². The van der Waals surface area contributed by atoms with Crippen LogP contribution in [0.15, 0.2) is 0 Å². The van der Waals surface area contributed by atoms with Crippen molar-refractivity contribution in [1.29, 1.82) is 5.26 Å². The SMILES string of the molecule is N#Cc1c(NC(=O)COC(=O)c2nc(Cl)c(Cl)c(Cl)c2Cl)sc2c1CCCCC2. The molecule has 29 heavy (non-hydrogen) atoms. The molecule has 2 aromatic heterocycles. The summed E-state index contributed by atoms with van der Waals surface area (Å²) in [6.45, 7) is -0.595. The third-order valence-electron chi connectivity index (χ3n) is 4.30. The third kappa shape index (κ3) is 4.79. The topological polar surface area (TPSA) is 92.1 Å². The predicted octanol–water partition coefficient (Wildman–Crippen LogP) is 5.69. The van der Waals surface area contributed by atoms with E-state index in [9.17, 15) is 14.9 Å². The summed E-state index contributed by atoms with van der Waals surface area (Å²) in [4.78, 5) is 29.3. The largest absolute Gasteiger partial charge is 0.451 e. The first-order valence-corrected chi connectivity index (χ1v) is 10.9. The molecule has 0 saturated heterocycles. The van der Waals surface area contributed by atoms with E-state index >= 15 is 0 Å². The summed E-state index contributed by atoms with van der Waals surface area (Å²) in [6.07, 6.45) is 4.91. The summed E-state index contributed by atoms with van der Waals surface area (Å²) >= 11 is 24.8. The van der Waals surface area contributed by atoms with Crippen LogP contribution in [0.5, 0.6) is 0 Å². The molecule has 0 aliphatic heterocycles. The fourth-order valence-electron chi connectivity index (χ4n) is 2.93. The minimum absolute atomic E-state index is 0.0888. The Balaban J connectivity index is 1.68. The van der Waals surface area contributed by atoms with Crippen molar-refractivity contribution < 1.29 is 14.3 Å². The number of nitrogens with zero attached hydrogens (tertiary/aromatic N) is 2. The molecule has 0 saturated carbocycles. The van der Waals surface area contributed by atoms with Crippen molar-refractivity contribution in [2.45, 2.75) is 32.1 Å². The van der Waals surface area contributed by atoms with Crippen LogP contribution in [0.4, 0.5) is 5.00 Å². The molecule has 0 aromatic carbocycles. The average molecular weight is 493 g/mol. The number of fused-ring (bicyclic) bond motifs is 1. The normalized spacial score (nSPS) is 13.2. The summed E-state index contributed by atoms with van der Waals surface area (Å²) in [7, 11) is 0. The average Bonchev–Trinajstić information content (AvgIpc) is 2.86. The van der Waals surface area contributed by atoms with Gasteiger partial charge in [0.15, 0.2) is 12.3 Å². The molecule has 1 amide bonds. The van der Waals surface area contributed by atoms with E-state index in [4.69, 9.17) is 51.1 Å². The second-order valence-electron chi connectivity index (χ2n) is 6.20. The molecular weight excluding hydrogens is 480 g/mol. The molecule has 1 N–H and O–H groups in total. The van der Waals surface area contributed by atoms with Gasteiger partial charge in [-0.05, 0) is 31.2 Å². The van der Waals surface area contributed by atoms with Crippen LogP contribution in [0.25, 0.3) is 0 Å². The summed E-state index contributed by atoms with van der Waals surface area (Å²) in [5, 5.41) is 12.0. The standard InChI is InChI=1S/C18H13Cl4N3O3S/c19-12-13(20)15(25-16(22)14(12)21)18(27)28-7-11(26)24-17-9(6-23)8-4-2-1-3-5-10(8)29-17/h1-5,7H2,(H,24,26). The minimum Gasteiger partial charge on any atom is -0.451 e. The van der Waals surface area contributed by atoms with Gasteiger partial charge in [-0.15, -0.1) is 11.3 Å². The molecule has 1 aliphatic rings. The molecule has 0 spiro atoms. The molecule has 2 aromatic rings. The van der Waals surface area contributed by atoms with Gasteiger partial charge < -0.3 is 10.1 Å². The Labute approximate surface area is 190 Å². The molecule has 152 valence electrons. The number of esters is 1. The quantitative estimate of drug-likeness (QED) is 0.336. The Morgan fingerprint density at radius 3 is 2.55 bits per heavy atom. The van der Waals surface area contributed by atoms with Crippen LogP contribution in [0.2, 0.25) is 20.2 Å². The summed E-state index contributed by atoms with van der Waals surface area (Å²) in [5.41, 5.74) is 1.13. The van der Waals surface area contributed by atoms with E-state index in [1.807, 2.05) is 0 Å². The van der Waals surface area contributed by atoms with Crippen molar-refractivity contribution in [2.75, 3.05) is 11.9 Å². The van der Waals surface area contributed by atoms with Gasteiger partial charge in [0, 0.05) is 4.88 Å². The van der Waals surface area contributed by atoms with E-state index < -0.39 is 18.5 Å². The zero-order valence-corrected chi connectivity index (χ0v) is 18.6. The van der Waals surface area contributed by atoms with Crippen molar-refractivity contribution in [3.8, 4) is 6.07 Å². The van der Waals surface area contributed by atoms with Gasteiger partial charge in [0.05, 0.1) is 20.6 Å². The third-order valence-corrected chi connectivity index (χ3v) is 7.18. The van der Waals surface area contributed by atoms with Crippen LogP contribution in [-0.4, -0.2) is 23.5 Å². The van der Waals surface area contributed by atoms with Crippen LogP contribution in [0.3, 0.4) is 0 Å². The van der Waals surface area contributed by atoms with Crippen LogP contribution < -0.4 is 5.32 Å². The number of rotatable bonds is 4. The van der Waals surface area contributed by atoms with Gasteiger partial charge in [0.25, 0.3) is 5.91 Å². The van der Waals surface area contributed by atoms with E-state index in [2.05, 4.69) is 16.4 Å². The number of hydrogen-bond donors (Lipinski definition) is 1. The zero-order chi connectivity index (χ0) is 21.1. The molecule has 0 fully saturated rings. The van der Waals surface area contributed by atoms with Gasteiger partial charge in [-0.2, -0.15) is 5.26 Å². The van der Waals surface area contributed by atoms with Crippen molar-refractivity contribution in [3.63, 3.8) is 0 Å². The first-order chi connectivity index (χ1) is 13.8. The first-order valence-electron chi connectivity index (χ1n) is 8.55. The number of anilines is 1. The number of thiophene rings is 1. The molecule has 0 unspecified atom stereocenters. The maximum absolute atomic E-state index is 12.3. The minimum atomic E-state index is -0.979. The van der Waals surface area contributed by atoms with Gasteiger partial charge in [-0.25, -0.2) is 9.78 Å². The lowest BCUT2D eigenvalue weighted by atomic mass is 10.1. The lowest BCUT2D eigenvalue weighted by Crippen LogP contribution is -2.21. The zero-order valence-electron chi connectivity index (χ0n) is 14.8. The molecule has 11 heteroatoms. The molecule has 1 aliphatic carbocycles. The summed E-state index contributed by atoms with van der Waals surface area (Å²) in [6, 6.07) is 2.17. The highest BCUT2D eigenvalue weighted by molar-refractivity contribution is 7.16. The number of halogens is 4. The smallest absolute Gasteiger partial charge is 0.359 e. The molecular formula is C18H13Cl4N3O3S. The van der Waals surface area contributed by atoms with E-state index in [1.54, 1.807) is 0 Å². The predicted molar refractivity (Wildman–Crippen MR) is 113 cm³/mol. The van der Waals surface area contributed by atoms with Crippen molar-refractivity contribution in [2.24, 2.45) is 0 Å². The van der Waals surface area contributed by atoms with E-state index in [0.29, 0.717) is 10.6 Å². The Hall–Kier alpha value is -1.56. The Bertz CT molecular complexity index is 1030. The fourth-order valence-corrected chi connectivity index (χ4v) is 4.99. The number of carbonyl (C=O) groups is 2. The number of nitriles is 1. The highest BCUT2D eigenvalue weighted by Gasteiger charge is 2.24. The second-order valence-corrected chi connectivity index (χ2v) is 8.79. The van der Waals surface area contributed by atoms with Gasteiger partial charge in [0.2, 0.25) is 0 Å². The molecule has 3 rings (SSSR count). The van der Waals surface area contributed by atoms with Crippen LogP contribution >= 0.6 is 57.7 Å². The molecule has 2 heterocycles. The number of nitrogens with one attached hydrogen (secondary N) is 1. The lowest BCUT2D eigenvalue weighted by molar-refractivity contribution is -0.119. The maximum Gasteiger partial charge on any atom is 0.359 e. The van der Waals surface area contributed by atoms with Crippen LogP contribution in [0, 0.1) is 11.3 Å². The van der Waals surface area contributed by atoms with Crippen LogP contribution in [-0.2, 0) is 22.4 Å². The van der Waals surface area contributed by atoms with Gasteiger partial charge in [0.1, 0.15) is 16.2 Å². The number of amides is 1. The molecule has 0 atom stereocenters. The molecule has 0 radical (unpaired) electrons. The Morgan fingerprint density at radius 2 is 1.83 bits per heavy atom. The number of hydrogen-bond acceptors (Lipinski definition) is 6. The first kappa shape index (κ1) is 22.1. The Kier molecular flexibility index (Phi) is 7.25. The number of carbonyl (C=O) groups excluding carboxylic acids is 2. The fraction of sp³-hybridized carbons (Fsp3) is 0.333. The van der Waals surface area contributed by atoms with Crippen molar-refractivity contribution in [1.82, 2.24) is 4.98 Å². The summed E-state index contributed by atoms with van der Waals surface area (Å²) < 4.78 is 4.95. The van der Waals surface area contributed by atoms with Gasteiger partial charge >= 0.3 is 5.97 Å². The monoisotopic (exact) mass is 491 g/mol. The van der Waals surface area contributed by atoms with Gasteiger partial charge in [-0.1, -0.05) is 52.8 Å². The number of aromatic nitrogens is 1.